The Hall–Kier alpha value is -0.930. The zero-order chi connectivity index (χ0) is 6.57. The van der Waals surface area contributed by atoms with Crippen LogP contribution in [0.3, 0.4) is 0 Å². The van der Waals surface area contributed by atoms with Crippen LogP contribution >= 0.6 is 0 Å². The Morgan fingerprint density at radius 1 is 1.88 bits per heavy atom. The summed E-state index contributed by atoms with van der Waals surface area (Å²) >= 11 is 0. The van der Waals surface area contributed by atoms with E-state index in [2.05, 4.69) is 4.94 Å². The monoisotopic (exact) mass is 120 g/mol. The second kappa shape index (κ2) is 3.12. The molecule has 0 bridgehead atoms. The molecule has 0 aromatic heterocycles. The van der Waals surface area contributed by atoms with Crippen LogP contribution in [0.2, 0.25) is 0 Å². The van der Waals surface area contributed by atoms with Gasteiger partial charge in [0.1, 0.15) is 12.2 Å². The molecule has 0 aliphatic carbocycles. The van der Waals surface area contributed by atoms with Gasteiger partial charge in [-0.25, -0.2) is 4.79 Å². The highest BCUT2D eigenvalue weighted by atomic mass is 19.3. The van der Waals surface area contributed by atoms with Gasteiger partial charge in [0, 0.05) is 4.53 Å². The maximum absolute atomic E-state index is 10.8. The van der Waals surface area contributed by atoms with Crippen molar-refractivity contribution in [1.29, 1.82) is 0 Å². The van der Waals surface area contributed by atoms with E-state index in [9.17, 15) is 14.1 Å². The Kier molecular flexibility index (Phi) is 2.76. The smallest absolute Gasteiger partial charge is 0.302 e. The van der Waals surface area contributed by atoms with Gasteiger partial charge < -0.3 is 4.79 Å². The first-order chi connectivity index (χ1) is 3.72. The van der Waals surface area contributed by atoms with Gasteiger partial charge in [0.25, 0.3) is 0 Å². The first kappa shape index (κ1) is 7.07. The van der Waals surface area contributed by atoms with Crippen molar-refractivity contribution in [2.24, 2.45) is 5.92 Å². The lowest BCUT2D eigenvalue weighted by Gasteiger charge is -1.91. The summed E-state index contributed by atoms with van der Waals surface area (Å²) in [6.45, 7) is 1.24. The molecular weight excluding hydrogens is 115 g/mol. The Balaban J connectivity index is 3.62. The number of halogens is 1. The van der Waals surface area contributed by atoms with Crippen molar-refractivity contribution >= 4 is 12.3 Å². The van der Waals surface area contributed by atoms with E-state index < -0.39 is 11.9 Å². The van der Waals surface area contributed by atoms with Gasteiger partial charge in [0.2, 0.25) is 0 Å². The Bertz CT molecular complexity index is 101. The topological polar surface area (TPSA) is 43.4 Å². The van der Waals surface area contributed by atoms with Crippen LogP contribution in [0.5, 0.6) is 0 Å². The predicted molar refractivity (Wildman–Crippen MR) is 22.4 cm³/mol. The largest absolute Gasteiger partial charge is 0.358 e. The summed E-state index contributed by atoms with van der Waals surface area (Å²) < 4.78 is 10.8. The molecule has 0 aromatic rings. The number of hydrogen-bond donors (Lipinski definition) is 0. The van der Waals surface area contributed by atoms with Crippen molar-refractivity contribution < 1.29 is 19.1 Å². The van der Waals surface area contributed by atoms with E-state index in [1.807, 2.05) is 0 Å². The number of rotatable bonds is 2. The zero-order valence-corrected chi connectivity index (χ0v) is 4.26. The second-order valence-electron chi connectivity index (χ2n) is 1.32. The molecule has 0 saturated carbocycles. The van der Waals surface area contributed by atoms with Crippen LogP contribution < -0.4 is 0 Å². The highest BCUT2D eigenvalue weighted by Gasteiger charge is 2.12. The normalized spacial score (nSPS) is 12.2. The van der Waals surface area contributed by atoms with E-state index in [0.29, 0.717) is 6.29 Å². The fourth-order valence-corrected chi connectivity index (χ4v) is 0.126. The molecule has 0 radical (unpaired) electrons. The molecule has 0 saturated heterocycles. The van der Waals surface area contributed by atoms with E-state index in [1.54, 1.807) is 0 Å². The van der Waals surface area contributed by atoms with E-state index in [-0.39, 0.29) is 0 Å². The third-order valence-corrected chi connectivity index (χ3v) is 0.652. The maximum atomic E-state index is 10.8. The van der Waals surface area contributed by atoms with Crippen molar-refractivity contribution in [3.05, 3.63) is 0 Å². The standard InChI is InChI=1S/C4H5FO3/c1-3(2-6)4(7)8-5/h2-3H,1H3. The van der Waals surface area contributed by atoms with Gasteiger partial charge in [-0.15, -0.1) is 0 Å². The van der Waals surface area contributed by atoms with Crippen molar-refractivity contribution in [2.45, 2.75) is 6.92 Å². The molecule has 0 aliphatic rings. The van der Waals surface area contributed by atoms with Gasteiger partial charge in [-0.2, -0.15) is 0 Å². The fraction of sp³-hybridized carbons (Fsp3) is 0.500. The fourth-order valence-electron chi connectivity index (χ4n) is 0.126. The van der Waals surface area contributed by atoms with Crippen LogP contribution in [-0.4, -0.2) is 12.3 Å². The van der Waals surface area contributed by atoms with Crippen molar-refractivity contribution in [2.75, 3.05) is 0 Å². The minimum atomic E-state index is -1.15. The molecule has 0 heterocycles. The molecule has 0 aromatic carbocycles. The van der Waals surface area contributed by atoms with Crippen LogP contribution in [0.1, 0.15) is 6.92 Å². The highest BCUT2D eigenvalue weighted by molar-refractivity contribution is 5.86. The van der Waals surface area contributed by atoms with Crippen molar-refractivity contribution in [3.63, 3.8) is 0 Å². The summed E-state index contributed by atoms with van der Waals surface area (Å²) in [5.74, 6) is -2.15. The molecule has 0 N–H and O–H groups in total. The Morgan fingerprint density at radius 2 is 2.38 bits per heavy atom. The van der Waals surface area contributed by atoms with E-state index in [1.165, 1.54) is 6.92 Å². The minimum Gasteiger partial charge on any atom is -0.302 e. The van der Waals surface area contributed by atoms with Crippen molar-refractivity contribution in [1.82, 2.24) is 0 Å². The lowest BCUT2D eigenvalue weighted by Crippen LogP contribution is -2.11. The summed E-state index contributed by atoms with van der Waals surface area (Å²) in [6, 6.07) is 0. The van der Waals surface area contributed by atoms with Gasteiger partial charge in [-0.3, -0.25) is 4.94 Å². The first-order valence-electron chi connectivity index (χ1n) is 2.00. The van der Waals surface area contributed by atoms with Gasteiger partial charge in [0.05, 0.1) is 0 Å². The number of carbonyl (C=O) groups is 2. The summed E-state index contributed by atoms with van der Waals surface area (Å²) in [6.07, 6.45) is 0.307. The zero-order valence-electron chi connectivity index (χ0n) is 4.26. The third kappa shape index (κ3) is 1.68. The minimum absolute atomic E-state index is 0.307. The van der Waals surface area contributed by atoms with Crippen LogP contribution in [0, 0.1) is 5.92 Å². The quantitative estimate of drug-likeness (QED) is 0.387. The van der Waals surface area contributed by atoms with E-state index in [0.717, 1.165) is 0 Å². The molecule has 8 heavy (non-hydrogen) atoms. The third-order valence-electron chi connectivity index (χ3n) is 0.652. The summed E-state index contributed by atoms with van der Waals surface area (Å²) in [5, 5.41) is 0. The van der Waals surface area contributed by atoms with Crippen LogP contribution in [0.4, 0.5) is 4.53 Å². The van der Waals surface area contributed by atoms with Gasteiger partial charge in [0.15, 0.2) is 0 Å². The molecular formula is C4H5FO3. The van der Waals surface area contributed by atoms with Gasteiger partial charge >= 0.3 is 5.97 Å². The molecule has 0 aliphatic heterocycles. The average molecular weight is 120 g/mol. The molecule has 0 amide bonds. The van der Waals surface area contributed by atoms with Gasteiger partial charge in [-0.05, 0) is 6.92 Å². The van der Waals surface area contributed by atoms with Crippen LogP contribution in [-0.2, 0) is 14.5 Å². The van der Waals surface area contributed by atoms with E-state index in [4.69, 9.17) is 0 Å². The lowest BCUT2D eigenvalue weighted by atomic mass is 10.2. The van der Waals surface area contributed by atoms with E-state index >= 15 is 0 Å². The summed E-state index contributed by atoms with van der Waals surface area (Å²) in [4.78, 5) is 22.3. The molecule has 3 nitrogen and oxygen atoms in total. The molecule has 0 rings (SSSR count). The summed E-state index contributed by atoms with van der Waals surface area (Å²) in [5.41, 5.74) is 0. The second-order valence-corrected chi connectivity index (χ2v) is 1.32. The first-order valence-corrected chi connectivity index (χ1v) is 2.00. The highest BCUT2D eigenvalue weighted by Crippen LogP contribution is 1.92. The molecule has 1 unspecified atom stereocenters. The van der Waals surface area contributed by atoms with Gasteiger partial charge in [-0.1, -0.05) is 0 Å². The van der Waals surface area contributed by atoms with Crippen LogP contribution in [0.25, 0.3) is 0 Å². The number of hydrogen-bond acceptors (Lipinski definition) is 3. The Labute approximate surface area is 45.3 Å². The number of aldehydes is 1. The predicted octanol–water partition coefficient (Wildman–Crippen LogP) is 0.249. The molecule has 0 spiro atoms. The van der Waals surface area contributed by atoms with Crippen molar-refractivity contribution in [3.8, 4) is 0 Å². The lowest BCUT2D eigenvalue weighted by molar-refractivity contribution is -0.187. The molecule has 1 atom stereocenters. The number of carbonyl (C=O) groups excluding carboxylic acids is 2. The SMILES string of the molecule is CC(C=O)C(=O)OF. The molecule has 46 valence electrons. The summed E-state index contributed by atoms with van der Waals surface area (Å²) in [7, 11) is 0. The Morgan fingerprint density at radius 3 is 2.50 bits per heavy atom. The molecule has 4 heteroatoms. The molecule has 0 fully saturated rings. The maximum Gasteiger partial charge on any atom is 0.358 e. The van der Waals surface area contributed by atoms with Crippen LogP contribution in [0.15, 0.2) is 0 Å². The average Bonchev–Trinajstić information content (AvgIpc) is 1.84.